The van der Waals surface area contributed by atoms with Crippen LogP contribution in [0.25, 0.3) is 6.08 Å². The van der Waals surface area contributed by atoms with Gasteiger partial charge < -0.3 is 9.47 Å². The number of nitrogens with zero attached hydrogens (tertiary/aromatic N) is 1. The zero-order chi connectivity index (χ0) is 19.3. The fourth-order valence-electron chi connectivity index (χ4n) is 3.19. The molecule has 0 aromatic heterocycles. The van der Waals surface area contributed by atoms with E-state index in [4.69, 9.17) is 14.5 Å². The van der Waals surface area contributed by atoms with Crippen LogP contribution in [-0.4, -0.2) is 30.1 Å². The first-order valence-corrected chi connectivity index (χ1v) is 9.20. The molecule has 2 aromatic rings. The van der Waals surface area contributed by atoms with Gasteiger partial charge in [0.05, 0.1) is 0 Å². The molecule has 0 amide bonds. The predicted molar refractivity (Wildman–Crippen MR) is 108 cm³/mol. The van der Waals surface area contributed by atoms with Gasteiger partial charge in [-0.05, 0) is 29.7 Å². The Balaban J connectivity index is 1.97. The smallest absolute Gasteiger partial charge is 0.303 e. The molecule has 0 fully saturated rings. The molecule has 3 rings (SSSR count). The topological polar surface area (TPSA) is 47.9 Å². The van der Waals surface area contributed by atoms with Gasteiger partial charge in [0.2, 0.25) is 5.90 Å². The van der Waals surface area contributed by atoms with Crippen molar-refractivity contribution in [2.45, 2.75) is 32.4 Å². The van der Waals surface area contributed by atoms with E-state index in [1.54, 1.807) is 0 Å². The van der Waals surface area contributed by atoms with E-state index >= 15 is 0 Å². The number of esters is 1. The van der Waals surface area contributed by atoms with Gasteiger partial charge in [-0.2, -0.15) is 0 Å². The fourth-order valence-corrected chi connectivity index (χ4v) is 3.19. The van der Waals surface area contributed by atoms with Crippen LogP contribution in [0.15, 0.2) is 71.7 Å². The first-order chi connectivity index (χ1) is 13.0. The largest absolute Gasteiger partial charge is 0.475 e. The SMILES string of the molecule is CC(=O)O[C@H](C=Cc1ccccc1)[C@@]1(C(C)C)COC(c2ccccc2)=N1. The normalized spacial score (nSPS) is 20.4. The van der Waals surface area contributed by atoms with Gasteiger partial charge in [-0.1, -0.05) is 68.5 Å². The van der Waals surface area contributed by atoms with Crippen LogP contribution in [0.4, 0.5) is 0 Å². The van der Waals surface area contributed by atoms with E-state index in [9.17, 15) is 4.79 Å². The van der Waals surface area contributed by atoms with Crippen molar-refractivity contribution in [3.05, 3.63) is 77.9 Å². The standard InChI is InChI=1S/C23H25NO3/c1-17(2)23(16-26-22(24-23)20-12-8-5-9-13-20)21(27-18(3)25)15-14-19-10-6-4-7-11-19/h4-15,17,21H,16H2,1-3H3/t21-,23+/m1/s1. The first kappa shape index (κ1) is 18.9. The molecule has 0 saturated carbocycles. The summed E-state index contributed by atoms with van der Waals surface area (Å²) in [6.07, 6.45) is 3.36. The number of ether oxygens (including phenoxy) is 2. The molecule has 140 valence electrons. The zero-order valence-corrected chi connectivity index (χ0v) is 16.0. The maximum Gasteiger partial charge on any atom is 0.303 e. The average molecular weight is 363 g/mol. The van der Waals surface area contributed by atoms with Crippen molar-refractivity contribution < 1.29 is 14.3 Å². The number of rotatable bonds is 6. The van der Waals surface area contributed by atoms with Crippen molar-refractivity contribution in [1.82, 2.24) is 0 Å². The minimum absolute atomic E-state index is 0.114. The Morgan fingerprint density at radius 3 is 2.33 bits per heavy atom. The summed E-state index contributed by atoms with van der Waals surface area (Å²) in [4.78, 5) is 16.7. The molecule has 27 heavy (non-hydrogen) atoms. The Kier molecular flexibility index (Phi) is 5.75. The average Bonchev–Trinajstić information content (AvgIpc) is 3.13. The van der Waals surface area contributed by atoms with Crippen molar-refractivity contribution in [2.75, 3.05) is 6.61 Å². The first-order valence-electron chi connectivity index (χ1n) is 9.20. The highest BCUT2D eigenvalue weighted by molar-refractivity contribution is 5.95. The van der Waals surface area contributed by atoms with Crippen LogP contribution in [0.2, 0.25) is 0 Å². The Bertz CT molecular complexity index is 827. The van der Waals surface area contributed by atoms with E-state index in [0.717, 1.165) is 11.1 Å². The highest BCUT2D eigenvalue weighted by Crippen LogP contribution is 2.35. The molecule has 4 heteroatoms. The highest BCUT2D eigenvalue weighted by Gasteiger charge is 2.47. The lowest BCUT2D eigenvalue weighted by atomic mass is 9.82. The van der Waals surface area contributed by atoms with Crippen molar-refractivity contribution in [3.8, 4) is 0 Å². The highest BCUT2D eigenvalue weighted by atomic mass is 16.6. The van der Waals surface area contributed by atoms with E-state index in [1.807, 2.05) is 72.8 Å². The quantitative estimate of drug-likeness (QED) is 0.710. The Hall–Kier alpha value is -2.88. The van der Waals surface area contributed by atoms with Crippen molar-refractivity contribution in [2.24, 2.45) is 10.9 Å². The van der Waals surface area contributed by atoms with Crippen molar-refractivity contribution >= 4 is 17.9 Å². The summed E-state index contributed by atoms with van der Waals surface area (Å²) in [5, 5.41) is 0. The molecule has 1 aliphatic heterocycles. The van der Waals surface area contributed by atoms with Crippen LogP contribution in [0.1, 0.15) is 31.9 Å². The third kappa shape index (κ3) is 4.27. The molecule has 0 N–H and O–H groups in total. The summed E-state index contributed by atoms with van der Waals surface area (Å²) >= 11 is 0. The van der Waals surface area contributed by atoms with Gasteiger partial charge in [-0.25, -0.2) is 4.99 Å². The van der Waals surface area contributed by atoms with Gasteiger partial charge >= 0.3 is 5.97 Å². The lowest BCUT2D eigenvalue weighted by Gasteiger charge is -2.34. The molecule has 1 aliphatic rings. The fraction of sp³-hybridized carbons (Fsp3) is 0.304. The van der Waals surface area contributed by atoms with Crippen LogP contribution in [-0.2, 0) is 14.3 Å². The summed E-state index contributed by atoms with van der Waals surface area (Å²) in [7, 11) is 0. The van der Waals surface area contributed by atoms with Gasteiger partial charge in [0.1, 0.15) is 18.2 Å². The van der Waals surface area contributed by atoms with E-state index in [1.165, 1.54) is 6.92 Å². The molecule has 2 atom stereocenters. The minimum Gasteiger partial charge on any atom is -0.475 e. The summed E-state index contributed by atoms with van der Waals surface area (Å²) in [6.45, 7) is 5.95. The van der Waals surface area contributed by atoms with Gasteiger partial charge in [-0.15, -0.1) is 0 Å². The van der Waals surface area contributed by atoms with Gasteiger partial charge in [-0.3, -0.25) is 4.79 Å². The van der Waals surface area contributed by atoms with Crippen LogP contribution < -0.4 is 0 Å². The molecular weight excluding hydrogens is 338 g/mol. The van der Waals surface area contributed by atoms with Crippen molar-refractivity contribution in [1.29, 1.82) is 0 Å². The monoisotopic (exact) mass is 363 g/mol. The molecule has 4 nitrogen and oxygen atoms in total. The second kappa shape index (κ2) is 8.21. The molecular formula is C23H25NO3. The number of carbonyl (C=O) groups is 1. The summed E-state index contributed by atoms with van der Waals surface area (Å²) in [5.41, 5.74) is 1.30. The van der Waals surface area contributed by atoms with E-state index in [-0.39, 0.29) is 11.9 Å². The summed E-state index contributed by atoms with van der Waals surface area (Å²) < 4.78 is 11.6. The Labute approximate surface area is 160 Å². The van der Waals surface area contributed by atoms with E-state index in [2.05, 4.69) is 13.8 Å². The Morgan fingerprint density at radius 1 is 1.11 bits per heavy atom. The lowest BCUT2D eigenvalue weighted by molar-refractivity contribution is -0.148. The molecule has 0 saturated heterocycles. The molecule has 0 bridgehead atoms. The maximum atomic E-state index is 11.8. The predicted octanol–water partition coefficient (Wildman–Crippen LogP) is 4.50. The van der Waals surface area contributed by atoms with Crippen LogP contribution in [0.3, 0.4) is 0 Å². The molecule has 0 radical (unpaired) electrons. The third-order valence-electron chi connectivity index (χ3n) is 4.82. The maximum absolute atomic E-state index is 11.8. The number of hydrogen-bond donors (Lipinski definition) is 0. The summed E-state index contributed by atoms with van der Waals surface area (Å²) in [6, 6.07) is 19.7. The number of hydrogen-bond acceptors (Lipinski definition) is 4. The van der Waals surface area contributed by atoms with Gasteiger partial charge in [0.25, 0.3) is 0 Å². The molecule has 1 heterocycles. The third-order valence-corrected chi connectivity index (χ3v) is 4.82. The summed E-state index contributed by atoms with van der Waals surface area (Å²) in [5.74, 6) is 0.374. The molecule has 0 aliphatic carbocycles. The van der Waals surface area contributed by atoms with Gasteiger partial charge in [0, 0.05) is 12.5 Å². The van der Waals surface area contributed by atoms with Crippen LogP contribution in [0, 0.1) is 5.92 Å². The van der Waals surface area contributed by atoms with Gasteiger partial charge in [0.15, 0.2) is 0 Å². The van der Waals surface area contributed by atoms with Crippen LogP contribution in [0.5, 0.6) is 0 Å². The second-order valence-electron chi connectivity index (χ2n) is 7.02. The van der Waals surface area contributed by atoms with E-state index in [0.29, 0.717) is 12.5 Å². The number of benzene rings is 2. The minimum atomic E-state index is -0.665. The zero-order valence-electron chi connectivity index (χ0n) is 16.0. The molecule has 0 spiro atoms. The number of carbonyl (C=O) groups excluding carboxylic acids is 1. The Morgan fingerprint density at radius 2 is 1.74 bits per heavy atom. The van der Waals surface area contributed by atoms with E-state index < -0.39 is 11.6 Å². The van der Waals surface area contributed by atoms with Crippen molar-refractivity contribution in [3.63, 3.8) is 0 Å². The number of aliphatic imine (C=N–C) groups is 1. The molecule has 0 unspecified atom stereocenters. The molecule has 2 aromatic carbocycles. The van der Waals surface area contributed by atoms with Crippen LogP contribution >= 0.6 is 0 Å². The lowest BCUT2D eigenvalue weighted by Crippen LogP contribution is -2.48. The second-order valence-corrected chi connectivity index (χ2v) is 7.02.